The molecule has 1 fully saturated rings. The third kappa shape index (κ3) is 4.31. The van der Waals surface area contributed by atoms with Gasteiger partial charge in [-0.15, -0.1) is 11.6 Å². The lowest BCUT2D eigenvalue weighted by atomic mass is 10.1. The lowest BCUT2D eigenvalue weighted by Crippen LogP contribution is -2.44. The fourth-order valence-corrected chi connectivity index (χ4v) is 2.38. The summed E-state index contributed by atoms with van der Waals surface area (Å²) in [5.41, 5.74) is 0. The smallest absolute Gasteiger partial charge is 0.316 e. The van der Waals surface area contributed by atoms with Gasteiger partial charge in [0.2, 0.25) is 5.91 Å². The molecule has 0 aromatic carbocycles. The summed E-state index contributed by atoms with van der Waals surface area (Å²) in [7, 11) is 0. The summed E-state index contributed by atoms with van der Waals surface area (Å²) in [6.45, 7) is 1.35. The van der Waals surface area contributed by atoms with Crippen LogP contribution in [0, 0.1) is 0 Å². The molecule has 1 amide bonds. The summed E-state index contributed by atoms with van der Waals surface area (Å²) in [5, 5.41) is 0. The van der Waals surface area contributed by atoms with Crippen LogP contribution in [-0.2, 0) is 4.79 Å². The molecule has 1 aliphatic heterocycles. The van der Waals surface area contributed by atoms with E-state index in [1.807, 2.05) is 0 Å². The van der Waals surface area contributed by atoms with Crippen LogP contribution >= 0.6 is 27.5 Å². The van der Waals surface area contributed by atoms with E-state index in [0.717, 1.165) is 23.9 Å². The molecule has 1 atom stereocenters. The number of ether oxygens (including phenoxy) is 1. The third-order valence-corrected chi connectivity index (χ3v) is 3.51. The third-order valence-electron chi connectivity index (χ3n) is 2.91. The van der Waals surface area contributed by atoms with Crippen molar-refractivity contribution in [3.8, 4) is 6.01 Å². The lowest BCUT2D eigenvalue weighted by molar-refractivity contribution is -0.133. The van der Waals surface area contributed by atoms with Gasteiger partial charge in [-0.1, -0.05) is 0 Å². The number of halogens is 2. The Hall–Kier alpha value is -0.880. The van der Waals surface area contributed by atoms with Crippen LogP contribution in [0.25, 0.3) is 0 Å². The second-order valence-corrected chi connectivity index (χ2v) is 5.64. The van der Waals surface area contributed by atoms with Crippen molar-refractivity contribution in [3.63, 3.8) is 0 Å². The molecule has 1 aromatic rings. The molecule has 2 rings (SSSR count). The number of carbonyl (C=O) groups is 1. The highest BCUT2D eigenvalue weighted by molar-refractivity contribution is 9.10. The number of rotatable bonds is 4. The first-order valence-electron chi connectivity index (χ1n) is 6.17. The van der Waals surface area contributed by atoms with Crippen molar-refractivity contribution < 1.29 is 9.53 Å². The maximum Gasteiger partial charge on any atom is 0.316 e. The number of carbonyl (C=O) groups excluding carboxylic acids is 1. The molecule has 0 bridgehead atoms. The van der Waals surface area contributed by atoms with Gasteiger partial charge in [0.1, 0.15) is 6.10 Å². The van der Waals surface area contributed by atoms with Crippen molar-refractivity contribution in [2.45, 2.75) is 25.4 Å². The molecule has 0 N–H and O–H groups in total. The Labute approximate surface area is 125 Å². The normalized spacial score (nSPS) is 19.3. The van der Waals surface area contributed by atoms with Gasteiger partial charge >= 0.3 is 6.01 Å². The SMILES string of the molecule is O=C(CCCl)N1CCCC(Oc2ncc(Br)cn2)C1. The molecule has 0 aliphatic carbocycles. The maximum atomic E-state index is 11.8. The van der Waals surface area contributed by atoms with E-state index in [2.05, 4.69) is 25.9 Å². The molecule has 1 unspecified atom stereocenters. The minimum atomic E-state index is -0.0470. The van der Waals surface area contributed by atoms with Crippen LogP contribution in [0.4, 0.5) is 0 Å². The minimum absolute atomic E-state index is 0.0470. The lowest BCUT2D eigenvalue weighted by Gasteiger charge is -2.32. The molecule has 104 valence electrons. The topological polar surface area (TPSA) is 55.3 Å². The first kappa shape index (κ1) is 14.5. The number of nitrogens with zero attached hydrogens (tertiary/aromatic N) is 3. The van der Waals surface area contributed by atoms with E-state index in [0.29, 0.717) is 24.9 Å². The molecule has 5 nitrogen and oxygen atoms in total. The zero-order valence-corrected chi connectivity index (χ0v) is 12.7. The molecule has 0 radical (unpaired) electrons. The fraction of sp³-hybridized carbons (Fsp3) is 0.583. The molecular formula is C12H15BrClN3O2. The van der Waals surface area contributed by atoms with Gasteiger partial charge in [-0.25, -0.2) is 9.97 Å². The van der Waals surface area contributed by atoms with Crippen LogP contribution in [0.2, 0.25) is 0 Å². The predicted molar refractivity (Wildman–Crippen MR) is 75.3 cm³/mol. The van der Waals surface area contributed by atoms with E-state index < -0.39 is 0 Å². The summed E-state index contributed by atoms with van der Waals surface area (Å²) in [6, 6.07) is 0.347. The fourth-order valence-electron chi connectivity index (χ4n) is 2.01. The highest BCUT2D eigenvalue weighted by atomic mass is 79.9. The Balaban J connectivity index is 1.90. The monoisotopic (exact) mass is 347 g/mol. The number of hydrogen-bond acceptors (Lipinski definition) is 4. The first-order chi connectivity index (χ1) is 9.19. The molecule has 19 heavy (non-hydrogen) atoms. The summed E-state index contributed by atoms with van der Waals surface area (Å²) in [4.78, 5) is 21.7. The Morgan fingerprint density at radius 3 is 2.95 bits per heavy atom. The van der Waals surface area contributed by atoms with Crippen molar-refractivity contribution in [3.05, 3.63) is 16.9 Å². The zero-order chi connectivity index (χ0) is 13.7. The Bertz CT molecular complexity index is 429. The summed E-state index contributed by atoms with van der Waals surface area (Å²) < 4.78 is 6.51. The van der Waals surface area contributed by atoms with Gasteiger partial charge in [-0.3, -0.25) is 4.79 Å². The molecule has 1 aromatic heterocycles. The van der Waals surface area contributed by atoms with E-state index in [-0.39, 0.29) is 12.0 Å². The van der Waals surface area contributed by atoms with Crippen molar-refractivity contribution in [2.75, 3.05) is 19.0 Å². The molecule has 7 heteroatoms. The number of amides is 1. The number of hydrogen-bond donors (Lipinski definition) is 0. The zero-order valence-electron chi connectivity index (χ0n) is 10.4. The first-order valence-corrected chi connectivity index (χ1v) is 7.49. The van der Waals surface area contributed by atoms with Crippen molar-refractivity contribution in [2.24, 2.45) is 0 Å². The van der Waals surface area contributed by atoms with Crippen LogP contribution in [0.3, 0.4) is 0 Å². The Kier molecular flexibility index (Phi) is 5.39. The van der Waals surface area contributed by atoms with Gasteiger partial charge in [0.15, 0.2) is 0 Å². The average Bonchev–Trinajstić information content (AvgIpc) is 2.42. The van der Waals surface area contributed by atoms with Crippen molar-refractivity contribution >= 4 is 33.4 Å². The van der Waals surface area contributed by atoms with Gasteiger partial charge in [-0.2, -0.15) is 0 Å². The molecule has 2 heterocycles. The van der Waals surface area contributed by atoms with E-state index in [1.165, 1.54) is 0 Å². The molecule has 0 spiro atoms. The highest BCUT2D eigenvalue weighted by Gasteiger charge is 2.24. The van der Waals surface area contributed by atoms with Crippen molar-refractivity contribution in [1.82, 2.24) is 14.9 Å². The van der Waals surface area contributed by atoms with Gasteiger partial charge < -0.3 is 9.64 Å². The van der Waals surface area contributed by atoms with Crippen LogP contribution in [0.5, 0.6) is 6.01 Å². The number of piperidine rings is 1. The van der Waals surface area contributed by atoms with Crippen molar-refractivity contribution in [1.29, 1.82) is 0 Å². The molecule has 0 saturated carbocycles. The van der Waals surface area contributed by atoms with E-state index in [1.54, 1.807) is 17.3 Å². The molecule has 1 aliphatic rings. The molecular weight excluding hydrogens is 334 g/mol. The van der Waals surface area contributed by atoms with Crippen LogP contribution in [0.15, 0.2) is 16.9 Å². The number of aromatic nitrogens is 2. The maximum absolute atomic E-state index is 11.8. The van der Waals surface area contributed by atoms with Gasteiger partial charge in [-0.05, 0) is 28.8 Å². The Morgan fingerprint density at radius 1 is 1.53 bits per heavy atom. The second-order valence-electron chi connectivity index (χ2n) is 4.34. The van der Waals surface area contributed by atoms with E-state index >= 15 is 0 Å². The highest BCUT2D eigenvalue weighted by Crippen LogP contribution is 2.17. The minimum Gasteiger partial charge on any atom is -0.458 e. The van der Waals surface area contributed by atoms with E-state index in [4.69, 9.17) is 16.3 Å². The Morgan fingerprint density at radius 2 is 2.26 bits per heavy atom. The van der Waals surface area contributed by atoms with E-state index in [9.17, 15) is 4.79 Å². The average molecular weight is 349 g/mol. The standard InChI is InChI=1S/C12H15BrClN3O2/c13-9-6-15-12(16-7-9)19-10-2-1-5-17(8-10)11(18)3-4-14/h6-7,10H,1-5,8H2. The summed E-state index contributed by atoms with van der Waals surface area (Å²) in [5.74, 6) is 0.441. The summed E-state index contributed by atoms with van der Waals surface area (Å²) >= 11 is 8.86. The van der Waals surface area contributed by atoms with Gasteiger partial charge in [0.05, 0.1) is 11.0 Å². The van der Waals surface area contributed by atoms with Gasteiger partial charge in [0.25, 0.3) is 0 Å². The van der Waals surface area contributed by atoms with Crippen LogP contribution < -0.4 is 4.74 Å². The quantitative estimate of drug-likeness (QED) is 0.783. The second kappa shape index (κ2) is 7.05. The number of likely N-dealkylation sites (tertiary alicyclic amines) is 1. The largest absolute Gasteiger partial charge is 0.458 e. The van der Waals surface area contributed by atoms with Gasteiger partial charge in [0, 0.05) is 31.2 Å². The predicted octanol–water partition coefficient (Wildman–Crippen LogP) is 2.24. The number of alkyl halides is 1. The van der Waals surface area contributed by atoms with Crippen LogP contribution in [0.1, 0.15) is 19.3 Å². The molecule has 1 saturated heterocycles. The summed E-state index contributed by atoms with van der Waals surface area (Å²) in [6.07, 6.45) is 5.44. The van der Waals surface area contributed by atoms with Crippen LogP contribution in [-0.4, -0.2) is 45.8 Å².